The number of hydrogen-bond acceptors (Lipinski definition) is 5. The highest BCUT2D eigenvalue weighted by Gasteiger charge is 2.13. The number of ether oxygens (including phenoxy) is 2. The third kappa shape index (κ3) is 6.02. The van der Waals surface area contributed by atoms with Crippen LogP contribution in [0.5, 0.6) is 5.75 Å². The van der Waals surface area contributed by atoms with Crippen molar-refractivity contribution >= 4 is 5.97 Å². The number of pyridine rings is 1. The molecule has 1 rings (SSSR count). The highest BCUT2D eigenvalue weighted by atomic mass is 16.6. The van der Waals surface area contributed by atoms with Crippen LogP contribution in [0.2, 0.25) is 0 Å². The summed E-state index contributed by atoms with van der Waals surface area (Å²) in [5.74, 6) is 0.239. The normalized spacial score (nSPS) is 11.2. The summed E-state index contributed by atoms with van der Waals surface area (Å²) < 4.78 is 10.3. The van der Waals surface area contributed by atoms with E-state index in [2.05, 4.69) is 31.1 Å². The van der Waals surface area contributed by atoms with Crippen molar-refractivity contribution in [1.82, 2.24) is 10.3 Å². The Bertz CT molecular complexity index is 453. The predicted molar refractivity (Wildman–Crippen MR) is 77.7 cm³/mol. The summed E-state index contributed by atoms with van der Waals surface area (Å²) in [5, 5.41) is 3.36. The van der Waals surface area contributed by atoms with Crippen molar-refractivity contribution in [2.24, 2.45) is 0 Å². The largest absolute Gasteiger partial charge is 0.480 e. The van der Waals surface area contributed by atoms with E-state index in [1.54, 1.807) is 6.92 Å². The third-order valence-electron chi connectivity index (χ3n) is 2.51. The molecule has 0 bridgehead atoms. The molecule has 1 N–H and O–H groups in total. The SMILES string of the molecule is CCOC(=O)COc1ccc(C)nc1CNC(C)(C)C. The zero-order chi connectivity index (χ0) is 15.2. The van der Waals surface area contributed by atoms with Gasteiger partial charge < -0.3 is 14.8 Å². The summed E-state index contributed by atoms with van der Waals surface area (Å²) in [7, 11) is 0. The van der Waals surface area contributed by atoms with E-state index in [0.717, 1.165) is 11.4 Å². The van der Waals surface area contributed by atoms with Crippen LogP contribution in [0.3, 0.4) is 0 Å². The number of rotatable bonds is 6. The molecule has 1 aromatic rings. The minimum Gasteiger partial charge on any atom is -0.480 e. The van der Waals surface area contributed by atoms with E-state index in [0.29, 0.717) is 18.9 Å². The minimum absolute atomic E-state index is 0.0101. The van der Waals surface area contributed by atoms with Crippen molar-refractivity contribution in [2.75, 3.05) is 13.2 Å². The molecule has 0 aliphatic rings. The van der Waals surface area contributed by atoms with Crippen molar-refractivity contribution in [3.05, 3.63) is 23.5 Å². The molecule has 0 radical (unpaired) electrons. The van der Waals surface area contributed by atoms with Gasteiger partial charge in [0.05, 0.1) is 12.3 Å². The van der Waals surface area contributed by atoms with Crippen molar-refractivity contribution in [3.63, 3.8) is 0 Å². The molecule has 0 aromatic carbocycles. The monoisotopic (exact) mass is 280 g/mol. The van der Waals surface area contributed by atoms with Crippen LogP contribution in [0.1, 0.15) is 39.1 Å². The molecule has 5 nitrogen and oxygen atoms in total. The van der Waals surface area contributed by atoms with Gasteiger partial charge in [-0.25, -0.2) is 4.79 Å². The molecular formula is C15H24N2O3. The molecule has 1 heterocycles. The Morgan fingerprint density at radius 1 is 1.35 bits per heavy atom. The van der Waals surface area contributed by atoms with E-state index in [-0.39, 0.29) is 18.1 Å². The Labute approximate surface area is 120 Å². The molecule has 112 valence electrons. The summed E-state index contributed by atoms with van der Waals surface area (Å²) in [6, 6.07) is 3.70. The highest BCUT2D eigenvalue weighted by Crippen LogP contribution is 2.18. The first kappa shape index (κ1) is 16.4. The highest BCUT2D eigenvalue weighted by molar-refractivity contribution is 5.71. The Kier molecular flexibility index (Phi) is 5.95. The molecule has 5 heteroatoms. The first-order valence-corrected chi connectivity index (χ1v) is 6.82. The average molecular weight is 280 g/mol. The van der Waals surface area contributed by atoms with Gasteiger partial charge in [-0.3, -0.25) is 4.98 Å². The standard InChI is InChI=1S/C15H24N2O3/c1-6-19-14(18)10-20-13-8-7-11(2)17-12(13)9-16-15(3,4)5/h7-8,16H,6,9-10H2,1-5H3. The Morgan fingerprint density at radius 3 is 2.65 bits per heavy atom. The van der Waals surface area contributed by atoms with E-state index in [4.69, 9.17) is 9.47 Å². The zero-order valence-electron chi connectivity index (χ0n) is 12.9. The number of nitrogens with one attached hydrogen (secondary N) is 1. The van der Waals surface area contributed by atoms with Crippen molar-refractivity contribution in [2.45, 2.75) is 46.7 Å². The van der Waals surface area contributed by atoms with Gasteiger partial charge in [-0.1, -0.05) is 0 Å². The second-order valence-corrected chi connectivity index (χ2v) is 5.59. The number of nitrogens with zero attached hydrogens (tertiary/aromatic N) is 1. The third-order valence-corrected chi connectivity index (χ3v) is 2.51. The van der Waals surface area contributed by atoms with Gasteiger partial charge in [-0.15, -0.1) is 0 Å². The molecule has 0 aliphatic heterocycles. The van der Waals surface area contributed by atoms with Gasteiger partial charge >= 0.3 is 5.97 Å². The van der Waals surface area contributed by atoms with Crippen molar-refractivity contribution in [3.8, 4) is 5.75 Å². The number of hydrogen-bond donors (Lipinski definition) is 1. The van der Waals surface area contributed by atoms with Gasteiger partial charge in [0.2, 0.25) is 0 Å². The summed E-state index contributed by atoms with van der Waals surface area (Å²) in [6.07, 6.45) is 0. The quantitative estimate of drug-likeness (QED) is 0.810. The fraction of sp³-hybridized carbons (Fsp3) is 0.600. The Morgan fingerprint density at radius 2 is 2.05 bits per heavy atom. The summed E-state index contributed by atoms with van der Waals surface area (Å²) in [5.41, 5.74) is 1.70. The maximum atomic E-state index is 11.3. The Balaban J connectivity index is 2.72. The zero-order valence-corrected chi connectivity index (χ0v) is 12.9. The fourth-order valence-corrected chi connectivity index (χ4v) is 1.54. The van der Waals surface area contributed by atoms with Crippen molar-refractivity contribution in [1.29, 1.82) is 0 Å². The van der Waals surface area contributed by atoms with E-state index in [9.17, 15) is 4.79 Å². The molecular weight excluding hydrogens is 256 g/mol. The van der Waals surface area contributed by atoms with Gasteiger partial charge in [0.25, 0.3) is 0 Å². The molecule has 0 unspecified atom stereocenters. The molecule has 0 saturated carbocycles. The Hall–Kier alpha value is -1.62. The lowest BCUT2D eigenvalue weighted by Crippen LogP contribution is -2.35. The van der Waals surface area contributed by atoms with Crippen LogP contribution in [0.4, 0.5) is 0 Å². The van der Waals surface area contributed by atoms with Crippen LogP contribution >= 0.6 is 0 Å². The number of esters is 1. The second-order valence-electron chi connectivity index (χ2n) is 5.59. The molecule has 0 fully saturated rings. The first-order valence-electron chi connectivity index (χ1n) is 6.82. The predicted octanol–water partition coefficient (Wildman–Crippen LogP) is 2.22. The second kappa shape index (κ2) is 7.24. The molecule has 0 atom stereocenters. The van der Waals surface area contributed by atoms with Gasteiger partial charge in [-0.05, 0) is 46.8 Å². The summed E-state index contributed by atoms with van der Waals surface area (Å²) in [6.45, 7) is 10.8. The van der Waals surface area contributed by atoms with Crippen LogP contribution in [-0.4, -0.2) is 29.7 Å². The van der Waals surface area contributed by atoms with E-state index >= 15 is 0 Å². The number of aromatic nitrogens is 1. The number of carbonyl (C=O) groups is 1. The van der Waals surface area contributed by atoms with Crippen LogP contribution < -0.4 is 10.1 Å². The average Bonchev–Trinajstić information content (AvgIpc) is 2.34. The van der Waals surface area contributed by atoms with Crippen LogP contribution in [0.25, 0.3) is 0 Å². The number of carbonyl (C=O) groups excluding carboxylic acids is 1. The maximum Gasteiger partial charge on any atom is 0.344 e. The van der Waals surface area contributed by atoms with E-state index in [1.807, 2.05) is 19.1 Å². The fourth-order valence-electron chi connectivity index (χ4n) is 1.54. The maximum absolute atomic E-state index is 11.3. The van der Waals surface area contributed by atoms with Crippen LogP contribution in [0, 0.1) is 6.92 Å². The molecule has 0 saturated heterocycles. The molecule has 20 heavy (non-hydrogen) atoms. The molecule has 0 aliphatic carbocycles. The summed E-state index contributed by atoms with van der Waals surface area (Å²) >= 11 is 0. The van der Waals surface area contributed by atoms with Gasteiger partial charge in [-0.2, -0.15) is 0 Å². The lowest BCUT2D eigenvalue weighted by molar-refractivity contribution is -0.145. The lowest BCUT2D eigenvalue weighted by Gasteiger charge is -2.21. The smallest absolute Gasteiger partial charge is 0.344 e. The van der Waals surface area contributed by atoms with Gasteiger partial charge in [0, 0.05) is 17.8 Å². The minimum atomic E-state index is -0.372. The molecule has 0 amide bonds. The van der Waals surface area contributed by atoms with Gasteiger partial charge in [0.1, 0.15) is 5.75 Å². The number of aryl methyl sites for hydroxylation is 1. The van der Waals surface area contributed by atoms with Gasteiger partial charge in [0.15, 0.2) is 6.61 Å². The van der Waals surface area contributed by atoms with Crippen molar-refractivity contribution < 1.29 is 14.3 Å². The molecule has 1 aromatic heterocycles. The summed E-state index contributed by atoms with van der Waals surface area (Å²) in [4.78, 5) is 15.8. The van der Waals surface area contributed by atoms with E-state index < -0.39 is 0 Å². The molecule has 0 spiro atoms. The lowest BCUT2D eigenvalue weighted by atomic mass is 10.1. The van der Waals surface area contributed by atoms with Crippen LogP contribution in [0.15, 0.2) is 12.1 Å². The topological polar surface area (TPSA) is 60.5 Å². The first-order chi connectivity index (χ1) is 9.31. The van der Waals surface area contributed by atoms with Crippen LogP contribution in [-0.2, 0) is 16.1 Å². The van der Waals surface area contributed by atoms with E-state index in [1.165, 1.54) is 0 Å².